The topological polar surface area (TPSA) is 70.6 Å². The van der Waals surface area contributed by atoms with Crippen molar-refractivity contribution in [1.29, 1.82) is 0 Å². The Kier molecular flexibility index (Phi) is 7.43. The number of esters is 1. The molecule has 0 spiro atoms. The standard InChI is InChI=1S/C21H33N5O2S/c1-6-28-21(27)18-15(3)17-19(22-9-11-26-10-7-8-14(2)12-26)23-16(13-25(4)5)24-20(17)29-18/h14H,6-13H2,1-5H3,(H,22,23,24). The van der Waals surface area contributed by atoms with Gasteiger partial charge in [0.2, 0.25) is 0 Å². The maximum absolute atomic E-state index is 12.4. The van der Waals surface area contributed by atoms with E-state index in [2.05, 4.69) is 17.1 Å². The number of thiophene rings is 1. The Morgan fingerprint density at radius 3 is 2.86 bits per heavy atom. The quantitative estimate of drug-likeness (QED) is 0.658. The van der Waals surface area contributed by atoms with E-state index in [4.69, 9.17) is 14.7 Å². The molecule has 7 nitrogen and oxygen atoms in total. The number of ether oxygens (including phenoxy) is 1. The number of carbonyl (C=O) groups excluding carboxylic acids is 1. The van der Waals surface area contributed by atoms with E-state index in [1.807, 2.05) is 32.8 Å². The average Bonchev–Trinajstić information content (AvgIpc) is 2.98. The molecule has 1 unspecified atom stereocenters. The largest absolute Gasteiger partial charge is 0.462 e. The minimum atomic E-state index is -0.282. The van der Waals surface area contributed by atoms with E-state index in [1.54, 1.807) is 0 Å². The lowest BCUT2D eigenvalue weighted by molar-refractivity contribution is 0.0531. The lowest BCUT2D eigenvalue weighted by Gasteiger charge is -2.30. The highest BCUT2D eigenvalue weighted by atomic mass is 32.1. The Labute approximate surface area is 177 Å². The van der Waals surface area contributed by atoms with Gasteiger partial charge in [0.05, 0.1) is 18.5 Å². The Morgan fingerprint density at radius 1 is 1.38 bits per heavy atom. The van der Waals surface area contributed by atoms with Crippen molar-refractivity contribution < 1.29 is 9.53 Å². The minimum absolute atomic E-state index is 0.282. The molecule has 2 aromatic rings. The molecule has 8 heteroatoms. The minimum Gasteiger partial charge on any atom is -0.462 e. The Morgan fingerprint density at radius 2 is 2.17 bits per heavy atom. The van der Waals surface area contributed by atoms with Crippen molar-refractivity contribution in [3.63, 3.8) is 0 Å². The van der Waals surface area contributed by atoms with Gasteiger partial charge < -0.3 is 19.9 Å². The summed E-state index contributed by atoms with van der Waals surface area (Å²) in [5, 5.41) is 4.47. The fourth-order valence-corrected chi connectivity index (χ4v) is 4.97. The van der Waals surface area contributed by atoms with Crippen LogP contribution in [-0.4, -0.2) is 72.6 Å². The summed E-state index contributed by atoms with van der Waals surface area (Å²) >= 11 is 1.39. The maximum Gasteiger partial charge on any atom is 0.348 e. The molecule has 2 aromatic heterocycles. The first-order valence-corrected chi connectivity index (χ1v) is 11.3. The number of likely N-dealkylation sites (tertiary alicyclic amines) is 1. The van der Waals surface area contributed by atoms with Crippen LogP contribution in [0.5, 0.6) is 0 Å². The van der Waals surface area contributed by atoms with Crippen molar-refractivity contribution in [2.24, 2.45) is 5.92 Å². The van der Waals surface area contributed by atoms with E-state index >= 15 is 0 Å². The second-order valence-corrected chi connectivity index (χ2v) is 9.16. The normalized spacial score (nSPS) is 17.8. The molecule has 3 rings (SSSR count). The molecule has 1 saturated heterocycles. The Hall–Kier alpha value is -1.77. The average molecular weight is 420 g/mol. The van der Waals surface area contributed by atoms with Crippen LogP contribution in [0.1, 0.15) is 47.7 Å². The number of aryl methyl sites for hydroxylation is 1. The molecule has 0 aliphatic carbocycles. The lowest BCUT2D eigenvalue weighted by atomic mass is 10.0. The van der Waals surface area contributed by atoms with Crippen LogP contribution in [0, 0.1) is 12.8 Å². The van der Waals surface area contributed by atoms with Crippen molar-refractivity contribution in [3.8, 4) is 0 Å². The second kappa shape index (κ2) is 9.82. The molecule has 0 radical (unpaired) electrons. The van der Waals surface area contributed by atoms with Gasteiger partial charge in [-0.1, -0.05) is 6.92 Å². The van der Waals surface area contributed by atoms with E-state index < -0.39 is 0 Å². The third-order valence-electron chi connectivity index (χ3n) is 5.22. The Bertz CT molecular complexity index is 851. The highest BCUT2D eigenvalue weighted by molar-refractivity contribution is 7.20. The molecular formula is C21H33N5O2S. The van der Waals surface area contributed by atoms with Gasteiger partial charge in [-0.2, -0.15) is 0 Å². The predicted molar refractivity (Wildman–Crippen MR) is 119 cm³/mol. The molecule has 3 heterocycles. The molecule has 160 valence electrons. The zero-order chi connectivity index (χ0) is 21.0. The highest BCUT2D eigenvalue weighted by Crippen LogP contribution is 2.34. The van der Waals surface area contributed by atoms with Crippen LogP contribution < -0.4 is 5.32 Å². The third-order valence-corrected chi connectivity index (χ3v) is 6.38. The van der Waals surface area contributed by atoms with Crippen molar-refractivity contribution in [3.05, 3.63) is 16.3 Å². The van der Waals surface area contributed by atoms with Crippen LogP contribution in [0.15, 0.2) is 0 Å². The van der Waals surface area contributed by atoms with Crippen molar-refractivity contribution >= 4 is 33.3 Å². The summed E-state index contributed by atoms with van der Waals surface area (Å²) in [5.41, 5.74) is 0.897. The molecule has 0 bridgehead atoms. The number of aromatic nitrogens is 2. The van der Waals surface area contributed by atoms with Crippen molar-refractivity contribution in [2.75, 3.05) is 52.2 Å². The first kappa shape index (κ1) is 21.9. The van der Waals surface area contributed by atoms with Crippen molar-refractivity contribution in [1.82, 2.24) is 19.8 Å². The summed E-state index contributed by atoms with van der Waals surface area (Å²) in [6.07, 6.45) is 2.60. The third kappa shape index (κ3) is 5.43. The van der Waals surface area contributed by atoms with Crippen LogP contribution in [0.3, 0.4) is 0 Å². The number of carbonyl (C=O) groups is 1. The summed E-state index contributed by atoms with van der Waals surface area (Å²) < 4.78 is 5.23. The van der Waals surface area contributed by atoms with Crippen LogP contribution in [0.4, 0.5) is 5.82 Å². The number of piperidine rings is 1. The van der Waals surface area contributed by atoms with Gasteiger partial charge in [-0.15, -0.1) is 11.3 Å². The van der Waals surface area contributed by atoms with E-state index in [1.165, 1.54) is 30.7 Å². The van der Waals surface area contributed by atoms with Gasteiger partial charge in [0.1, 0.15) is 21.3 Å². The number of nitrogens with zero attached hydrogens (tertiary/aromatic N) is 4. The monoisotopic (exact) mass is 419 g/mol. The van der Waals surface area contributed by atoms with Crippen molar-refractivity contribution in [2.45, 2.75) is 40.2 Å². The summed E-state index contributed by atoms with van der Waals surface area (Å²) in [7, 11) is 4.00. The summed E-state index contributed by atoms with van der Waals surface area (Å²) in [5.74, 6) is 2.07. The van der Waals surface area contributed by atoms with E-state index in [0.717, 1.165) is 53.0 Å². The molecule has 0 saturated carbocycles. The fraction of sp³-hybridized carbons (Fsp3) is 0.667. The number of anilines is 1. The molecule has 1 fully saturated rings. The van der Waals surface area contributed by atoms with E-state index in [9.17, 15) is 4.79 Å². The molecular weight excluding hydrogens is 386 g/mol. The van der Waals surface area contributed by atoms with Crippen LogP contribution >= 0.6 is 11.3 Å². The first-order valence-electron chi connectivity index (χ1n) is 10.5. The van der Waals surface area contributed by atoms with Gasteiger partial charge in [0.15, 0.2) is 0 Å². The van der Waals surface area contributed by atoms with Gasteiger partial charge in [-0.05, 0) is 58.8 Å². The molecule has 1 N–H and O–H groups in total. The molecule has 29 heavy (non-hydrogen) atoms. The highest BCUT2D eigenvalue weighted by Gasteiger charge is 2.22. The second-order valence-electron chi connectivity index (χ2n) is 8.16. The number of hydrogen-bond acceptors (Lipinski definition) is 8. The van der Waals surface area contributed by atoms with E-state index in [-0.39, 0.29) is 5.97 Å². The molecule has 1 atom stereocenters. The Balaban J connectivity index is 1.85. The zero-order valence-electron chi connectivity index (χ0n) is 18.2. The lowest BCUT2D eigenvalue weighted by Crippen LogP contribution is -2.37. The summed E-state index contributed by atoms with van der Waals surface area (Å²) in [6, 6.07) is 0. The summed E-state index contributed by atoms with van der Waals surface area (Å²) in [4.78, 5) is 27.9. The maximum atomic E-state index is 12.4. The van der Waals surface area contributed by atoms with Crippen LogP contribution in [-0.2, 0) is 11.3 Å². The zero-order valence-corrected chi connectivity index (χ0v) is 19.1. The number of hydrogen-bond donors (Lipinski definition) is 1. The molecule has 1 aliphatic heterocycles. The van der Waals surface area contributed by atoms with Gasteiger partial charge in [0.25, 0.3) is 0 Å². The first-order chi connectivity index (χ1) is 13.9. The molecule has 1 aliphatic rings. The SMILES string of the molecule is CCOC(=O)c1sc2nc(CN(C)C)nc(NCCN3CCCC(C)C3)c2c1C. The smallest absolute Gasteiger partial charge is 0.348 e. The van der Waals surface area contributed by atoms with Gasteiger partial charge in [0, 0.05) is 19.6 Å². The van der Waals surface area contributed by atoms with Gasteiger partial charge >= 0.3 is 5.97 Å². The number of nitrogens with one attached hydrogen (secondary N) is 1. The van der Waals surface area contributed by atoms with Crippen LogP contribution in [0.2, 0.25) is 0 Å². The summed E-state index contributed by atoms with van der Waals surface area (Å²) in [6.45, 7) is 11.3. The fourth-order valence-electron chi connectivity index (χ4n) is 3.88. The molecule has 0 aromatic carbocycles. The number of fused-ring (bicyclic) bond motifs is 1. The predicted octanol–water partition coefficient (Wildman–Crippen LogP) is 3.38. The number of rotatable bonds is 8. The van der Waals surface area contributed by atoms with Gasteiger partial charge in [-0.3, -0.25) is 0 Å². The van der Waals surface area contributed by atoms with Crippen LogP contribution in [0.25, 0.3) is 10.2 Å². The van der Waals surface area contributed by atoms with Gasteiger partial charge in [-0.25, -0.2) is 14.8 Å². The van der Waals surface area contributed by atoms with E-state index in [0.29, 0.717) is 18.0 Å². The molecule has 0 amide bonds.